The fraction of sp³-hybridized carbons (Fsp3) is 0.483. The molecule has 1 heterocycles. The summed E-state index contributed by atoms with van der Waals surface area (Å²) in [4.78, 5) is 78.2. The number of carboxylic acids is 1. The zero-order valence-electron chi connectivity index (χ0n) is 26.1. The largest absolute Gasteiger partial charge is 0.481 e. The number of carboxylic acid groups (broad SMARTS) is 1. The number of aldehydes is 1. The summed E-state index contributed by atoms with van der Waals surface area (Å²) in [5.41, 5.74) is 1.18. The van der Waals surface area contributed by atoms with Crippen LogP contribution in [0, 0.1) is 5.92 Å². The van der Waals surface area contributed by atoms with Gasteiger partial charge in [-0.3, -0.25) is 28.8 Å². The number of anilines is 1. The highest BCUT2D eigenvalue weighted by atomic mass is 31.0. The van der Waals surface area contributed by atoms with Crippen LogP contribution in [0.5, 0.6) is 0 Å². The number of carbonyl (C=O) groups excluding carboxylic acids is 6. The SMILES string of the molecule is CC(C)C(C=O)NC(=O)CNC(=O)Cc1ccc(N2C(=O)C=CC2=O)cc1.CCC(=O)O.CCCN(C)F.CNCC(=O)P. The van der Waals surface area contributed by atoms with Gasteiger partial charge in [0.15, 0.2) is 5.52 Å². The lowest BCUT2D eigenvalue weighted by Gasteiger charge is -2.16. The van der Waals surface area contributed by atoms with Crippen LogP contribution in [0.15, 0.2) is 36.4 Å². The molecule has 44 heavy (non-hydrogen) atoms. The summed E-state index contributed by atoms with van der Waals surface area (Å²) in [5, 5.41) is 16.1. The molecule has 0 spiro atoms. The first-order valence-corrected chi connectivity index (χ1v) is 14.4. The van der Waals surface area contributed by atoms with Gasteiger partial charge in [0.25, 0.3) is 11.8 Å². The second-order valence-corrected chi connectivity index (χ2v) is 10.2. The molecule has 0 saturated heterocycles. The first kappa shape index (κ1) is 42.3. The molecule has 1 aliphatic heterocycles. The van der Waals surface area contributed by atoms with Gasteiger partial charge in [-0.25, -0.2) is 4.90 Å². The van der Waals surface area contributed by atoms with Gasteiger partial charge in [-0.15, -0.1) is 9.60 Å². The molecule has 2 unspecified atom stereocenters. The Balaban J connectivity index is 0. The standard InChI is InChI=1S/C19H21N3O5.C4H10FN.C3H8NOP.C3H6O2/c1-12(2)15(11-23)21-17(25)10-20-16(24)9-13-3-5-14(6-4-13)22-18(26)7-8-19(22)27;1-3-4-6(2)5;1-4-2-3(5)6;1-2-3(4)5/h3-8,11-12,15H,9-10H2,1-2H3,(H,20,24)(H,21,25);3-4H2,1-2H3;4H,2,6H2,1H3;2H2,1H3,(H,4,5). The number of hydrogen-bond acceptors (Lipinski definition) is 9. The van der Waals surface area contributed by atoms with Crippen LogP contribution in [0.3, 0.4) is 0 Å². The predicted molar refractivity (Wildman–Crippen MR) is 168 cm³/mol. The third-order valence-corrected chi connectivity index (χ3v) is 5.40. The van der Waals surface area contributed by atoms with Crippen molar-refractivity contribution in [3.8, 4) is 0 Å². The maximum Gasteiger partial charge on any atom is 0.303 e. The maximum absolute atomic E-state index is 12.0. The minimum atomic E-state index is -0.745. The normalized spacial score (nSPS) is 12.2. The minimum Gasteiger partial charge on any atom is -0.481 e. The molecule has 4 N–H and O–H groups in total. The van der Waals surface area contributed by atoms with Crippen molar-refractivity contribution in [2.75, 3.05) is 38.6 Å². The van der Waals surface area contributed by atoms with Gasteiger partial charge in [0.05, 0.1) is 31.2 Å². The lowest BCUT2D eigenvalue weighted by molar-refractivity contribution is -0.136. The Kier molecular flexibility index (Phi) is 23.6. The van der Waals surface area contributed by atoms with E-state index in [0.717, 1.165) is 11.3 Å². The summed E-state index contributed by atoms with van der Waals surface area (Å²) in [6.07, 6.45) is 4.20. The number of nitrogens with zero attached hydrogens (tertiary/aromatic N) is 2. The first-order chi connectivity index (χ1) is 20.6. The second kappa shape index (κ2) is 24.6. The summed E-state index contributed by atoms with van der Waals surface area (Å²) in [6.45, 7) is 7.92. The van der Waals surface area contributed by atoms with Gasteiger partial charge < -0.3 is 25.9 Å². The molecular formula is C29H45FN5O8P. The Bertz CT molecular complexity index is 1100. The molecule has 246 valence electrons. The molecule has 0 fully saturated rings. The Hall–Kier alpha value is -3.87. The highest BCUT2D eigenvalue weighted by molar-refractivity contribution is 7.40. The number of nitrogens with one attached hydrogen (secondary N) is 3. The number of amides is 4. The Morgan fingerprint density at radius 2 is 1.55 bits per heavy atom. The molecular weight excluding hydrogens is 596 g/mol. The van der Waals surface area contributed by atoms with Crippen LogP contribution in [-0.4, -0.2) is 91.4 Å². The summed E-state index contributed by atoms with van der Waals surface area (Å²) in [7, 11) is 5.24. The van der Waals surface area contributed by atoms with Gasteiger partial charge in [-0.1, -0.05) is 49.1 Å². The van der Waals surface area contributed by atoms with Crippen molar-refractivity contribution in [2.24, 2.45) is 5.92 Å². The average molecular weight is 642 g/mol. The molecule has 1 aliphatic rings. The molecule has 1 aromatic carbocycles. The van der Waals surface area contributed by atoms with E-state index in [1.54, 1.807) is 52.1 Å². The maximum atomic E-state index is 12.0. The third kappa shape index (κ3) is 20.9. The molecule has 13 nitrogen and oxygen atoms in total. The molecule has 0 aliphatic carbocycles. The number of imide groups is 1. The number of likely N-dealkylation sites (N-methyl/N-ethyl adjacent to an activating group) is 1. The zero-order chi connectivity index (χ0) is 34.2. The minimum absolute atomic E-state index is 0.0367. The number of rotatable bonds is 13. The van der Waals surface area contributed by atoms with Crippen molar-refractivity contribution in [3.63, 3.8) is 0 Å². The molecule has 4 amide bonds. The molecule has 0 saturated carbocycles. The van der Waals surface area contributed by atoms with Crippen molar-refractivity contribution in [3.05, 3.63) is 42.0 Å². The summed E-state index contributed by atoms with van der Waals surface area (Å²) in [5.74, 6) is -2.41. The molecule has 2 atom stereocenters. The van der Waals surface area contributed by atoms with Gasteiger partial charge in [0, 0.05) is 32.2 Å². The lowest BCUT2D eigenvalue weighted by atomic mass is 10.1. The highest BCUT2D eigenvalue weighted by Crippen LogP contribution is 2.19. The quantitative estimate of drug-likeness (QED) is 0.106. The highest BCUT2D eigenvalue weighted by Gasteiger charge is 2.24. The van der Waals surface area contributed by atoms with E-state index in [0.29, 0.717) is 35.7 Å². The van der Waals surface area contributed by atoms with Crippen molar-refractivity contribution < 1.29 is 43.1 Å². The molecule has 1 aromatic rings. The number of halogens is 1. The Morgan fingerprint density at radius 3 is 1.86 bits per heavy atom. The smallest absolute Gasteiger partial charge is 0.303 e. The lowest BCUT2D eigenvalue weighted by Crippen LogP contribution is -2.45. The van der Waals surface area contributed by atoms with E-state index in [2.05, 4.69) is 25.2 Å². The van der Waals surface area contributed by atoms with Crippen molar-refractivity contribution >= 4 is 56.3 Å². The third-order valence-electron chi connectivity index (χ3n) is 5.19. The van der Waals surface area contributed by atoms with Crippen LogP contribution < -0.4 is 20.9 Å². The monoisotopic (exact) mass is 641 g/mol. The topological polar surface area (TPSA) is 182 Å². The van der Waals surface area contributed by atoms with Gasteiger partial charge in [-0.05, 0) is 37.1 Å². The van der Waals surface area contributed by atoms with Crippen molar-refractivity contribution in [2.45, 2.75) is 53.0 Å². The van der Waals surface area contributed by atoms with Crippen LogP contribution in [0.2, 0.25) is 0 Å². The van der Waals surface area contributed by atoms with Gasteiger partial charge in [0.1, 0.15) is 6.29 Å². The van der Waals surface area contributed by atoms with Crippen LogP contribution in [-0.2, 0) is 40.0 Å². The zero-order valence-corrected chi connectivity index (χ0v) is 27.2. The summed E-state index contributed by atoms with van der Waals surface area (Å²) < 4.78 is 11.5. The molecule has 15 heteroatoms. The molecule has 0 radical (unpaired) electrons. The molecule has 2 rings (SSSR count). The van der Waals surface area contributed by atoms with E-state index in [4.69, 9.17) is 5.11 Å². The number of benzene rings is 1. The van der Waals surface area contributed by atoms with E-state index in [1.165, 1.54) is 19.2 Å². The van der Waals surface area contributed by atoms with Crippen LogP contribution in [0.1, 0.15) is 46.1 Å². The Morgan fingerprint density at radius 1 is 1.02 bits per heavy atom. The molecule has 0 bridgehead atoms. The van der Waals surface area contributed by atoms with Crippen molar-refractivity contribution in [1.29, 1.82) is 0 Å². The fourth-order valence-corrected chi connectivity index (χ4v) is 3.13. The summed E-state index contributed by atoms with van der Waals surface area (Å²) in [6, 6.07) is 5.84. The van der Waals surface area contributed by atoms with E-state index in [9.17, 15) is 38.0 Å². The van der Waals surface area contributed by atoms with Gasteiger partial charge >= 0.3 is 5.97 Å². The summed E-state index contributed by atoms with van der Waals surface area (Å²) >= 11 is 0. The number of carbonyl (C=O) groups is 7. The van der Waals surface area contributed by atoms with Gasteiger partial charge in [0.2, 0.25) is 11.8 Å². The van der Waals surface area contributed by atoms with Gasteiger partial charge in [-0.2, -0.15) is 0 Å². The average Bonchev–Trinajstić information content (AvgIpc) is 3.29. The fourth-order valence-electron chi connectivity index (χ4n) is 2.92. The van der Waals surface area contributed by atoms with Crippen molar-refractivity contribution in [1.82, 2.24) is 21.1 Å². The number of aliphatic carboxylic acids is 1. The van der Waals surface area contributed by atoms with E-state index < -0.39 is 29.7 Å². The van der Waals surface area contributed by atoms with Crippen LogP contribution >= 0.6 is 9.24 Å². The Labute approximate surface area is 260 Å². The first-order valence-electron chi connectivity index (χ1n) is 13.8. The van der Waals surface area contributed by atoms with Crippen LogP contribution in [0.4, 0.5) is 10.2 Å². The van der Waals surface area contributed by atoms with Crippen LogP contribution in [0.25, 0.3) is 0 Å². The van der Waals surface area contributed by atoms with E-state index in [1.807, 2.05) is 6.92 Å². The predicted octanol–water partition coefficient (Wildman–Crippen LogP) is 1.42. The number of hydrogen-bond donors (Lipinski definition) is 4. The molecule has 0 aromatic heterocycles. The van der Waals surface area contributed by atoms with E-state index in [-0.39, 0.29) is 36.7 Å². The second-order valence-electron chi connectivity index (χ2n) is 9.51. The van der Waals surface area contributed by atoms with E-state index >= 15 is 0 Å².